The first-order chi connectivity index (χ1) is 8.90. The van der Waals surface area contributed by atoms with Crippen LogP contribution in [0.15, 0.2) is 6.07 Å². The van der Waals surface area contributed by atoms with Crippen molar-refractivity contribution in [3.05, 3.63) is 29.3 Å². The van der Waals surface area contributed by atoms with Gasteiger partial charge >= 0.3 is 5.97 Å². The molecule has 19 heavy (non-hydrogen) atoms. The van der Waals surface area contributed by atoms with Crippen molar-refractivity contribution in [1.29, 1.82) is 0 Å². The lowest BCUT2D eigenvalue weighted by Gasteiger charge is -2.15. The second-order valence-corrected chi connectivity index (χ2v) is 4.00. The number of cyclic esters (lactones) is 1. The normalized spacial score (nSPS) is 22.5. The fraction of sp³-hybridized carbons (Fsp3) is 0.364. The van der Waals surface area contributed by atoms with Crippen molar-refractivity contribution in [3.8, 4) is 5.75 Å². The molecule has 1 aromatic rings. The lowest BCUT2D eigenvalue weighted by Crippen LogP contribution is -2.35. The molecule has 2 rings (SSSR count). The lowest BCUT2D eigenvalue weighted by molar-refractivity contribution is -0.142. The predicted molar refractivity (Wildman–Crippen MR) is 54.2 cm³/mol. The van der Waals surface area contributed by atoms with Crippen LogP contribution >= 0.6 is 0 Å². The molecule has 1 aliphatic heterocycles. The summed E-state index contributed by atoms with van der Waals surface area (Å²) in [6, 6.07) is -0.629. The molecule has 0 aliphatic carbocycles. The monoisotopic (exact) mass is 279 g/mol. The summed E-state index contributed by atoms with van der Waals surface area (Å²) in [6.07, 6.45) is -0.978. The van der Waals surface area contributed by atoms with Gasteiger partial charge in [-0.1, -0.05) is 0 Å². The second kappa shape index (κ2) is 5.04. The minimum absolute atomic E-state index is 0.0590. The Hall–Kier alpha value is -1.83. The van der Waals surface area contributed by atoms with Gasteiger partial charge in [0.15, 0.2) is 23.5 Å². The number of benzene rings is 1. The van der Waals surface area contributed by atoms with Crippen LogP contribution < -0.4 is 10.5 Å². The van der Waals surface area contributed by atoms with E-state index in [0.29, 0.717) is 0 Å². The molecule has 0 radical (unpaired) electrons. The number of rotatable bonds is 3. The molecular weight excluding hydrogens is 270 g/mol. The highest BCUT2D eigenvalue weighted by molar-refractivity contribution is 5.72. The second-order valence-electron chi connectivity index (χ2n) is 4.00. The molecule has 1 unspecified atom stereocenters. The van der Waals surface area contributed by atoms with E-state index < -0.39 is 53.7 Å². The van der Waals surface area contributed by atoms with E-state index >= 15 is 0 Å². The number of hydrogen-bond acceptors (Lipinski definition) is 4. The lowest BCUT2D eigenvalue weighted by atomic mass is 10.2. The first-order valence-corrected chi connectivity index (χ1v) is 5.31. The molecule has 104 valence electrons. The molecule has 1 aliphatic rings. The number of ether oxygens (including phenoxy) is 2. The van der Waals surface area contributed by atoms with Crippen LogP contribution in [0.25, 0.3) is 0 Å². The van der Waals surface area contributed by atoms with Crippen molar-refractivity contribution < 1.29 is 31.8 Å². The average molecular weight is 279 g/mol. The van der Waals surface area contributed by atoms with Crippen LogP contribution in [0.5, 0.6) is 5.75 Å². The van der Waals surface area contributed by atoms with E-state index in [4.69, 9.17) is 10.5 Å². The van der Waals surface area contributed by atoms with E-state index in [1.165, 1.54) is 0 Å². The SMILES string of the molecule is NC1CC(=O)O[C@@H]1COc1c(F)c(F)cc(F)c1F. The van der Waals surface area contributed by atoms with E-state index in [1.807, 2.05) is 0 Å². The molecule has 1 heterocycles. The number of carbonyl (C=O) groups is 1. The summed E-state index contributed by atoms with van der Waals surface area (Å²) in [6.45, 7) is -0.496. The van der Waals surface area contributed by atoms with Crippen LogP contribution in [0, 0.1) is 23.3 Å². The Labute approximate surface area is 105 Å². The van der Waals surface area contributed by atoms with Crippen LogP contribution in [0.4, 0.5) is 17.6 Å². The van der Waals surface area contributed by atoms with Crippen molar-refractivity contribution in [2.75, 3.05) is 6.61 Å². The first-order valence-electron chi connectivity index (χ1n) is 5.31. The Morgan fingerprint density at radius 2 is 1.84 bits per heavy atom. The van der Waals surface area contributed by atoms with E-state index in [9.17, 15) is 22.4 Å². The highest BCUT2D eigenvalue weighted by atomic mass is 19.2. The Kier molecular flexibility index (Phi) is 3.61. The molecule has 0 amide bonds. The third-order valence-corrected chi connectivity index (χ3v) is 2.63. The highest BCUT2D eigenvalue weighted by Crippen LogP contribution is 2.27. The van der Waals surface area contributed by atoms with Gasteiger partial charge in [-0.2, -0.15) is 8.78 Å². The molecule has 0 bridgehead atoms. The number of carbonyl (C=O) groups excluding carboxylic acids is 1. The molecule has 0 spiro atoms. The van der Waals surface area contributed by atoms with Crippen molar-refractivity contribution >= 4 is 5.97 Å². The molecule has 8 heteroatoms. The molecule has 0 aromatic heterocycles. The quantitative estimate of drug-likeness (QED) is 0.514. The van der Waals surface area contributed by atoms with Gasteiger partial charge in [0, 0.05) is 6.07 Å². The molecule has 0 saturated carbocycles. The Bertz CT molecular complexity index is 497. The van der Waals surface area contributed by atoms with Crippen LogP contribution in [-0.4, -0.2) is 24.7 Å². The molecule has 2 atom stereocenters. The highest BCUT2D eigenvalue weighted by Gasteiger charge is 2.33. The van der Waals surface area contributed by atoms with Crippen LogP contribution in [0.3, 0.4) is 0 Å². The fourth-order valence-corrected chi connectivity index (χ4v) is 1.63. The summed E-state index contributed by atoms with van der Waals surface area (Å²) >= 11 is 0. The standard InChI is InChI=1S/C11H9F4NO3/c12-4-1-5(13)10(15)11(9(4)14)18-3-7-6(16)2-8(17)19-7/h1,6-7H,2-3,16H2/t6?,7-/m1/s1. The maximum absolute atomic E-state index is 13.2. The van der Waals surface area contributed by atoms with Gasteiger partial charge in [0.1, 0.15) is 6.61 Å². The van der Waals surface area contributed by atoms with Gasteiger partial charge in [-0.3, -0.25) is 4.79 Å². The van der Waals surface area contributed by atoms with E-state index in [2.05, 4.69) is 4.74 Å². The Morgan fingerprint density at radius 1 is 1.26 bits per heavy atom. The fourth-order valence-electron chi connectivity index (χ4n) is 1.63. The third kappa shape index (κ3) is 2.62. The topological polar surface area (TPSA) is 61.6 Å². The van der Waals surface area contributed by atoms with Gasteiger partial charge in [-0.05, 0) is 0 Å². The van der Waals surface area contributed by atoms with Crippen molar-refractivity contribution in [2.45, 2.75) is 18.6 Å². The van der Waals surface area contributed by atoms with E-state index in [-0.39, 0.29) is 12.5 Å². The maximum Gasteiger partial charge on any atom is 0.307 e. The van der Waals surface area contributed by atoms with Crippen molar-refractivity contribution in [3.63, 3.8) is 0 Å². The zero-order chi connectivity index (χ0) is 14.2. The minimum Gasteiger partial charge on any atom is -0.483 e. The van der Waals surface area contributed by atoms with E-state index in [0.717, 1.165) is 0 Å². The van der Waals surface area contributed by atoms with E-state index in [1.54, 1.807) is 0 Å². The van der Waals surface area contributed by atoms with Crippen molar-refractivity contribution in [1.82, 2.24) is 0 Å². The molecular formula is C11H9F4NO3. The van der Waals surface area contributed by atoms with Gasteiger partial charge in [0.2, 0.25) is 11.6 Å². The third-order valence-electron chi connectivity index (χ3n) is 2.63. The molecule has 1 saturated heterocycles. The summed E-state index contributed by atoms with van der Waals surface area (Å²) in [7, 11) is 0. The maximum atomic E-state index is 13.2. The largest absolute Gasteiger partial charge is 0.483 e. The summed E-state index contributed by atoms with van der Waals surface area (Å²) in [4.78, 5) is 10.9. The molecule has 2 N–H and O–H groups in total. The van der Waals surface area contributed by atoms with Gasteiger partial charge in [-0.15, -0.1) is 0 Å². The number of esters is 1. The summed E-state index contributed by atoms with van der Waals surface area (Å²) in [5, 5.41) is 0. The minimum atomic E-state index is -1.66. The Morgan fingerprint density at radius 3 is 2.32 bits per heavy atom. The van der Waals surface area contributed by atoms with Crippen LogP contribution in [0.1, 0.15) is 6.42 Å². The smallest absolute Gasteiger partial charge is 0.307 e. The predicted octanol–water partition coefficient (Wildman–Crippen LogP) is 1.26. The zero-order valence-electron chi connectivity index (χ0n) is 9.46. The molecule has 1 aromatic carbocycles. The average Bonchev–Trinajstić information content (AvgIpc) is 2.65. The number of halogens is 4. The van der Waals surface area contributed by atoms with Gasteiger partial charge in [0.25, 0.3) is 0 Å². The summed E-state index contributed by atoms with van der Waals surface area (Å²) in [5.41, 5.74) is 5.51. The van der Waals surface area contributed by atoms with Crippen LogP contribution in [-0.2, 0) is 9.53 Å². The molecule has 4 nitrogen and oxygen atoms in total. The Balaban J connectivity index is 2.14. The zero-order valence-corrected chi connectivity index (χ0v) is 9.46. The summed E-state index contributed by atoms with van der Waals surface area (Å²) in [5.74, 6) is -8.25. The van der Waals surface area contributed by atoms with Crippen molar-refractivity contribution in [2.24, 2.45) is 5.73 Å². The van der Waals surface area contributed by atoms with Crippen LogP contribution in [0.2, 0.25) is 0 Å². The number of hydrogen-bond donors (Lipinski definition) is 1. The molecule has 1 fully saturated rings. The van der Waals surface area contributed by atoms with Gasteiger partial charge in [0.05, 0.1) is 12.5 Å². The van der Waals surface area contributed by atoms with Gasteiger partial charge in [-0.25, -0.2) is 8.78 Å². The summed E-state index contributed by atoms with van der Waals surface area (Å²) < 4.78 is 61.6. The number of nitrogens with two attached hydrogens (primary N) is 1. The first kappa shape index (κ1) is 13.6. The van der Waals surface area contributed by atoms with Gasteiger partial charge < -0.3 is 15.2 Å².